The number of carbonyl (C=O) groups is 3. The lowest BCUT2D eigenvalue weighted by molar-refractivity contribution is -0.166. The summed E-state index contributed by atoms with van der Waals surface area (Å²) in [6.07, 6.45) is 65.0. The molecule has 1 unspecified atom stereocenters. The van der Waals surface area contributed by atoms with E-state index in [9.17, 15) is 14.4 Å². The highest BCUT2D eigenvalue weighted by molar-refractivity contribution is 5.71. The molecule has 0 bridgehead atoms. The largest absolute Gasteiger partial charge is 0.462 e. The normalized spacial score (nSPS) is 12.6. The van der Waals surface area contributed by atoms with Crippen molar-refractivity contribution in [2.45, 2.75) is 258 Å². The molecule has 63 heavy (non-hydrogen) atoms. The minimum Gasteiger partial charge on any atom is -0.462 e. The van der Waals surface area contributed by atoms with Gasteiger partial charge in [-0.3, -0.25) is 14.4 Å². The van der Waals surface area contributed by atoms with Gasteiger partial charge in [0.15, 0.2) is 6.10 Å². The van der Waals surface area contributed by atoms with E-state index in [4.69, 9.17) is 14.2 Å². The molecule has 0 aliphatic carbocycles. The molecule has 6 nitrogen and oxygen atoms in total. The van der Waals surface area contributed by atoms with Crippen LogP contribution in [0.4, 0.5) is 0 Å². The van der Waals surface area contributed by atoms with Gasteiger partial charge in [-0.05, 0) is 57.8 Å². The summed E-state index contributed by atoms with van der Waals surface area (Å²) in [5, 5.41) is 0. The van der Waals surface area contributed by atoms with E-state index in [0.29, 0.717) is 19.3 Å². The van der Waals surface area contributed by atoms with Gasteiger partial charge < -0.3 is 14.2 Å². The van der Waals surface area contributed by atoms with Gasteiger partial charge in [-0.2, -0.15) is 0 Å². The molecule has 0 aromatic heterocycles. The van der Waals surface area contributed by atoms with Crippen LogP contribution in [0.15, 0.2) is 72.9 Å². The number of carbonyl (C=O) groups excluding carboxylic acids is 3. The molecule has 0 heterocycles. The molecule has 0 aliphatic rings. The Kier molecular flexibility index (Phi) is 48.9. The Hall–Kier alpha value is -3.15. The molecule has 0 radical (unpaired) electrons. The van der Waals surface area contributed by atoms with E-state index in [1.54, 1.807) is 0 Å². The monoisotopic (exact) mass is 879 g/mol. The number of esters is 3. The van der Waals surface area contributed by atoms with E-state index in [1.165, 1.54) is 128 Å². The van der Waals surface area contributed by atoms with E-state index in [-0.39, 0.29) is 31.6 Å². The molecule has 0 aromatic rings. The molecule has 0 rings (SSSR count). The highest BCUT2D eigenvalue weighted by atomic mass is 16.6. The molecular formula is C57H98O6. The van der Waals surface area contributed by atoms with Crippen LogP contribution < -0.4 is 0 Å². The van der Waals surface area contributed by atoms with Crippen molar-refractivity contribution in [2.24, 2.45) is 0 Å². The Labute approximate surface area is 389 Å². The minimum atomic E-state index is -0.810. The van der Waals surface area contributed by atoms with E-state index in [1.807, 2.05) is 12.2 Å². The van der Waals surface area contributed by atoms with Gasteiger partial charge in [-0.1, -0.05) is 248 Å². The molecule has 1 atom stereocenters. The van der Waals surface area contributed by atoms with Crippen molar-refractivity contribution in [3.8, 4) is 0 Å². The Morgan fingerprint density at radius 1 is 0.333 bits per heavy atom. The van der Waals surface area contributed by atoms with E-state index in [2.05, 4.69) is 81.5 Å². The maximum atomic E-state index is 12.7. The first-order chi connectivity index (χ1) is 31.0. The summed E-state index contributed by atoms with van der Waals surface area (Å²) in [4.78, 5) is 37.7. The van der Waals surface area contributed by atoms with Gasteiger partial charge in [0.25, 0.3) is 0 Å². The van der Waals surface area contributed by atoms with Crippen molar-refractivity contribution in [3.63, 3.8) is 0 Å². The van der Waals surface area contributed by atoms with Crippen LogP contribution in [0.25, 0.3) is 0 Å². The quantitative estimate of drug-likeness (QED) is 0.0262. The third kappa shape index (κ3) is 49.7. The lowest BCUT2D eigenvalue weighted by Gasteiger charge is -2.18. The molecule has 0 saturated heterocycles. The van der Waals surface area contributed by atoms with Crippen LogP contribution in [0.2, 0.25) is 0 Å². The zero-order valence-corrected chi connectivity index (χ0v) is 41.3. The van der Waals surface area contributed by atoms with Crippen LogP contribution >= 0.6 is 0 Å². The molecule has 0 saturated carbocycles. The van der Waals surface area contributed by atoms with Crippen molar-refractivity contribution in [1.29, 1.82) is 0 Å². The number of allylic oxidation sites excluding steroid dienone is 12. The summed E-state index contributed by atoms with van der Waals surface area (Å²) in [5.41, 5.74) is 0. The maximum Gasteiger partial charge on any atom is 0.306 e. The Morgan fingerprint density at radius 2 is 0.619 bits per heavy atom. The molecule has 0 aromatic carbocycles. The summed E-state index contributed by atoms with van der Waals surface area (Å²) in [7, 11) is 0. The number of unbranched alkanes of at least 4 members (excludes halogenated alkanes) is 24. The predicted molar refractivity (Wildman–Crippen MR) is 270 cm³/mol. The third-order valence-corrected chi connectivity index (χ3v) is 11.2. The van der Waals surface area contributed by atoms with Crippen molar-refractivity contribution < 1.29 is 28.6 Å². The summed E-state index contributed by atoms with van der Waals surface area (Å²) in [6, 6.07) is 0. The number of hydrogen-bond acceptors (Lipinski definition) is 6. The maximum absolute atomic E-state index is 12.7. The molecule has 0 spiro atoms. The predicted octanol–water partition coefficient (Wildman–Crippen LogP) is 17.4. The van der Waals surface area contributed by atoms with E-state index < -0.39 is 12.1 Å². The molecule has 0 N–H and O–H groups in total. The first-order valence-corrected chi connectivity index (χ1v) is 26.4. The summed E-state index contributed by atoms with van der Waals surface area (Å²) >= 11 is 0. The standard InChI is InChI=1S/C57H98O6/c1-4-7-10-13-16-18-20-22-24-26-28-30-31-33-35-37-39-41-44-47-50-56(59)62-53-54(52-61-55(58)49-46-43-15-12-9-6-3)63-57(60)51-48-45-42-40-38-36-34-32-29-27-25-23-21-19-17-14-11-8-5-2/h8,11,17,19,23,25,29,32,36,38,42,45,54H,4-7,9-10,12-16,18,20-22,24,26-28,30-31,33-35,37,39-41,43-44,46-53H2,1-3H3/b11-8-,19-17-,25-23-,32-29-,38-36-,45-42-. The van der Waals surface area contributed by atoms with Crippen LogP contribution in [0, 0.1) is 0 Å². The molecule has 362 valence electrons. The highest BCUT2D eigenvalue weighted by Crippen LogP contribution is 2.16. The Bertz CT molecular complexity index is 1190. The van der Waals surface area contributed by atoms with Crippen LogP contribution in [0.5, 0.6) is 0 Å². The lowest BCUT2D eigenvalue weighted by Crippen LogP contribution is -2.30. The first kappa shape index (κ1) is 59.9. The molecular weight excluding hydrogens is 781 g/mol. The third-order valence-electron chi connectivity index (χ3n) is 11.2. The van der Waals surface area contributed by atoms with Crippen LogP contribution in [-0.2, 0) is 28.6 Å². The number of rotatable bonds is 47. The molecule has 6 heteroatoms. The average Bonchev–Trinajstić information content (AvgIpc) is 3.28. The SMILES string of the molecule is CC/C=C\C/C=C\C/C=C\C/C=C\C/C=C\C/C=C\CCC(=O)OC(COC(=O)CCCCCCCC)COC(=O)CCCCCCCCCCCCCCCCCCCCCC. The van der Waals surface area contributed by atoms with Gasteiger partial charge in [0.05, 0.1) is 0 Å². The van der Waals surface area contributed by atoms with Crippen molar-refractivity contribution in [2.75, 3.05) is 13.2 Å². The first-order valence-electron chi connectivity index (χ1n) is 26.4. The Morgan fingerprint density at radius 3 is 0.937 bits per heavy atom. The summed E-state index contributed by atoms with van der Waals surface area (Å²) in [5.74, 6) is -0.994. The van der Waals surface area contributed by atoms with Crippen LogP contribution in [0.1, 0.15) is 252 Å². The summed E-state index contributed by atoms with van der Waals surface area (Å²) in [6.45, 7) is 6.41. The second-order valence-corrected chi connectivity index (χ2v) is 17.4. The van der Waals surface area contributed by atoms with Gasteiger partial charge in [-0.25, -0.2) is 0 Å². The highest BCUT2D eigenvalue weighted by Gasteiger charge is 2.19. The molecule has 0 aliphatic heterocycles. The zero-order chi connectivity index (χ0) is 45.8. The second kappa shape index (κ2) is 51.5. The minimum absolute atomic E-state index is 0.103. The zero-order valence-electron chi connectivity index (χ0n) is 41.3. The smallest absolute Gasteiger partial charge is 0.306 e. The van der Waals surface area contributed by atoms with Gasteiger partial charge >= 0.3 is 17.9 Å². The van der Waals surface area contributed by atoms with Gasteiger partial charge in [0.2, 0.25) is 0 Å². The van der Waals surface area contributed by atoms with Crippen LogP contribution in [0.3, 0.4) is 0 Å². The van der Waals surface area contributed by atoms with Crippen molar-refractivity contribution in [1.82, 2.24) is 0 Å². The topological polar surface area (TPSA) is 78.9 Å². The second-order valence-electron chi connectivity index (χ2n) is 17.4. The molecule has 0 fully saturated rings. The van der Waals surface area contributed by atoms with E-state index >= 15 is 0 Å². The fourth-order valence-electron chi connectivity index (χ4n) is 7.29. The Balaban J connectivity index is 4.28. The average molecular weight is 879 g/mol. The number of ether oxygens (including phenoxy) is 3. The number of hydrogen-bond donors (Lipinski definition) is 0. The van der Waals surface area contributed by atoms with Gasteiger partial charge in [-0.15, -0.1) is 0 Å². The van der Waals surface area contributed by atoms with E-state index in [0.717, 1.165) is 77.0 Å². The molecule has 0 amide bonds. The van der Waals surface area contributed by atoms with Crippen LogP contribution in [-0.4, -0.2) is 37.2 Å². The fourth-order valence-corrected chi connectivity index (χ4v) is 7.29. The summed E-state index contributed by atoms with van der Waals surface area (Å²) < 4.78 is 16.6. The van der Waals surface area contributed by atoms with Gasteiger partial charge in [0.1, 0.15) is 13.2 Å². The van der Waals surface area contributed by atoms with Gasteiger partial charge in [0, 0.05) is 19.3 Å². The lowest BCUT2D eigenvalue weighted by atomic mass is 10.0. The fraction of sp³-hybridized carbons (Fsp3) is 0.737. The van der Waals surface area contributed by atoms with Crippen molar-refractivity contribution in [3.05, 3.63) is 72.9 Å². The van der Waals surface area contributed by atoms with Crippen molar-refractivity contribution >= 4 is 17.9 Å².